The third kappa shape index (κ3) is 5.52. The molecule has 0 aliphatic carbocycles. The summed E-state index contributed by atoms with van der Waals surface area (Å²) in [5.41, 5.74) is 5.03. The van der Waals surface area contributed by atoms with Gasteiger partial charge in [-0.2, -0.15) is 5.10 Å². The summed E-state index contributed by atoms with van der Waals surface area (Å²) >= 11 is 12.0. The Morgan fingerprint density at radius 1 is 1.10 bits per heavy atom. The topological polar surface area (TPSA) is 65.0 Å². The lowest BCUT2D eigenvalue weighted by atomic mass is 9.95. The Morgan fingerprint density at radius 2 is 1.77 bits per heavy atom. The number of carbonyl (C=O) groups excluding carboxylic acids is 2. The molecule has 1 aliphatic rings. The Labute approximate surface area is 186 Å². The van der Waals surface area contributed by atoms with Gasteiger partial charge in [-0.25, -0.2) is 5.43 Å². The van der Waals surface area contributed by atoms with Gasteiger partial charge >= 0.3 is 0 Å². The smallest absolute Gasteiger partial charge is 0.255 e. The second-order valence-corrected chi connectivity index (χ2v) is 8.25. The van der Waals surface area contributed by atoms with E-state index in [0.29, 0.717) is 41.5 Å². The van der Waals surface area contributed by atoms with E-state index in [4.69, 9.17) is 23.2 Å². The van der Waals surface area contributed by atoms with Crippen LogP contribution < -0.4 is 10.3 Å². The van der Waals surface area contributed by atoms with Crippen LogP contribution in [0.2, 0.25) is 10.0 Å². The Morgan fingerprint density at radius 3 is 2.37 bits per heavy atom. The van der Waals surface area contributed by atoms with Gasteiger partial charge in [-0.05, 0) is 48.7 Å². The number of benzene rings is 2. The molecule has 3 rings (SSSR count). The number of carbonyl (C=O) groups is 2. The second-order valence-electron chi connectivity index (χ2n) is 7.41. The zero-order valence-corrected chi connectivity index (χ0v) is 18.5. The zero-order valence-electron chi connectivity index (χ0n) is 16.9. The normalized spacial score (nSPS) is 14.7. The quantitative estimate of drug-likeness (QED) is 0.556. The number of piperidine rings is 1. The maximum Gasteiger partial charge on any atom is 0.255 e. The number of nitrogens with zero attached hydrogens (tertiary/aromatic N) is 3. The van der Waals surface area contributed by atoms with Crippen molar-refractivity contribution in [3.8, 4) is 0 Å². The summed E-state index contributed by atoms with van der Waals surface area (Å²) in [7, 11) is 3.96. The number of rotatable bonds is 5. The van der Waals surface area contributed by atoms with Gasteiger partial charge < -0.3 is 9.80 Å². The maximum absolute atomic E-state index is 12.7. The predicted molar refractivity (Wildman–Crippen MR) is 122 cm³/mol. The van der Waals surface area contributed by atoms with E-state index >= 15 is 0 Å². The van der Waals surface area contributed by atoms with Gasteiger partial charge in [0, 0.05) is 43.8 Å². The van der Waals surface area contributed by atoms with Crippen molar-refractivity contribution < 1.29 is 9.59 Å². The van der Waals surface area contributed by atoms with E-state index in [-0.39, 0.29) is 17.7 Å². The molecule has 0 atom stereocenters. The fraction of sp³-hybridized carbons (Fsp3) is 0.318. The van der Waals surface area contributed by atoms with Gasteiger partial charge in [-0.3, -0.25) is 9.59 Å². The summed E-state index contributed by atoms with van der Waals surface area (Å²) in [4.78, 5) is 28.8. The lowest BCUT2D eigenvalue weighted by molar-refractivity contribution is -0.126. The van der Waals surface area contributed by atoms with Gasteiger partial charge in [0.05, 0.1) is 16.8 Å². The SMILES string of the molecule is CN(C)c1ccc(/C=N\NC(=O)C2CCN(C(=O)c3ccc(Cl)cc3Cl)CC2)cc1. The third-order valence-corrected chi connectivity index (χ3v) is 5.66. The van der Waals surface area contributed by atoms with Crippen molar-refractivity contribution in [2.45, 2.75) is 12.8 Å². The van der Waals surface area contributed by atoms with E-state index in [1.54, 1.807) is 29.3 Å². The highest BCUT2D eigenvalue weighted by atomic mass is 35.5. The number of halogens is 2. The number of likely N-dealkylation sites (tertiary alicyclic amines) is 1. The lowest BCUT2D eigenvalue weighted by Gasteiger charge is -2.31. The standard InChI is InChI=1S/C22H24Cl2N4O2/c1-27(2)18-6-3-15(4-7-18)14-25-26-21(29)16-9-11-28(12-10-16)22(30)19-8-5-17(23)13-20(19)24/h3-8,13-14,16H,9-12H2,1-2H3,(H,26,29)/b25-14-. The minimum Gasteiger partial charge on any atom is -0.378 e. The number of anilines is 1. The van der Waals surface area contributed by atoms with Crippen LogP contribution in [0.15, 0.2) is 47.6 Å². The van der Waals surface area contributed by atoms with Crippen LogP contribution in [0.4, 0.5) is 5.69 Å². The highest BCUT2D eigenvalue weighted by Crippen LogP contribution is 2.25. The van der Waals surface area contributed by atoms with E-state index in [1.165, 1.54) is 0 Å². The molecule has 6 nitrogen and oxygen atoms in total. The molecule has 1 fully saturated rings. The number of amides is 2. The summed E-state index contributed by atoms with van der Waals surface area (Å²) < 4.78 is 0. The number of hydrazone groups is 1. The van der Waals surface area contributed by atoms with Crippen molar-refractivity contribution in [3.63, 3.8) is 0 Å². The van der Waals surface area contributed by atoms with Crippen LogP contribution in [-0.2, 0) is 4.79 Å². The Bertz CT molecular complexity index is 937. The van der Waals surface area contributed by atoms with Crippen molar-refractivity contribution in [2.75, 3.05) is 32.1 Å². The molecule has 0 bridgehead atoms. The maximum atomic E-state index is 12.7. The summed E-state index contributed by atoms with van der Waals surface area (Å²) in [5, 5.41) is 4.88. The Kier molecular flexibility index (Phi) is 7.34. The molecule has 0 aromatic heterocycles. The van der Waals surface area contributed by atoms with Crippen molar-refractivity contribution in [2.24, 2.45) is 11.0 Å². The van der Waals surface area contributed by atoms with Gasteiger partial charge in [0.2, 0.25) is 5.91 Å². The highest BCUT2D eigenvalue weighted by Gasteiger charge is 2.28. The van der Waals surface area contributed by atoms with E-state index in [2.05, 4.69) is 10.5 Å². The van der Waals surface area contributed by atoms with Crippen LogP contribution in [0, 0.1) is 5.92 Å². The summed E-state index contributed by atoms with van der Waals surface area (Å²) in [6, 6.07) is 12.7. The summed E-state index contributed by atoms with van der Waals surface area (Å²) in [6.07, 6.45) is 2.78. The second kappa shape index (κ2) is 9.96. The van der Waals surface area contributed by atoms with Crippen molar-refractivity contribution >= 4 is 46.9 Å². The average Bonchev–Trinajstić information content (AvgIpc) is 2.73. The molecule has 1 saturated heterocycles. The molecule has 1 N–H and O–H groups in total. The van der Waals surface area contributed by atoms with Crippen LogP contribution in [0.1, 0.15) is 28.8 Å². The molecule has 0 unspecified atom stereocenters. The summed E-state index contributed by atoms with van der Waals surface area (Å²) in [6.45, 7) is 0.983. The van der Waals surface area contributed by atoms with Crippen LogP contribution in [0.5, 0.6) is 0 Å². The minimum absolute atomic E-state index is 0.132. The molecule has 2 aromatic rings. The largest absolute Gasteiger partial charge is 0.378 e. The first kappa shape index (κ1) is 22.1. The van der Waals surface area contributed by atoms with Crippen molar-refractivity contribution in [3.05, 3.63) is 63.6 Å². The fourth-order valence-electron chi connectivity index (χ4n) is 3.30. The molecule has 2 amide bonds. The van der Waals surface area contributed by atoms with E-state index in [0.717, 1.165) is 11.3 Å². The predicted octanol–water partition coefficient (Wildman–Crippen LogP) is 4.06. The Balaban J connectivity index is 1.49. The van der Waals surface area contributed by atoms with Crippen LogP contribution in [-0.4, -0.2) is 50.1 Å². The lowest BCUT2D eigenvalue weighted by Crippen LogP contribution is -2.42. The molecule has 2 aromatic carbocycles. The molecule has 1 heterocycles. The van der Waals surface area contributed by atoms with E-state index in [1.807, 2.05) is 43.3 Å². The number of nitrogens with one attached hydrogen (secondary N) is 1. The molecule has 0 radical (unpaired) electrons. The van der Waals surface area contributed by atoms with Crippen LogP contribution >= 0.6 is 23.2 Å². The van der Waals surface area contributed by atoms with E-state index < -0.39 is 0 Å². The van der Waals surface area contributed by atoms with E-state index in [9.17, 15) is 9.59 Å². The van der Waals surface area contributed by atoms with Crippen LogP contribution in [0.3, 0.4) is 0 Å². The molecule has 0 spiro atoms. The summed E-state index contributed by atoms with van der Waals surface area (Å²) in [5.74, 6) is -0.453. The van der Waals surface area contributed by atoms with Gasteiger partial charge in [-0.15, -0.1) is 0 Å². The van der Waals surface area contributed by atoms with Crippen LogP contribution in [0.25, 0.3) is 0 Å². The molecule has 0 saturated carbocycles. The molecular formula is C22H24Cl2N4O2. The number of hydrogen-bond acceptors (Lipinski definition) is 4. The zero-order chi connectivity index (χ0) is 21.7. The van der Waals surface area contributed by atoms with Gasteiger partial charge in [0.1, 0.15) is 0 Å². The molecule has 30 heavy (non-hydrogen) atoms. The first-order valence-electron chi connectivity index (χ1n) is 9.70. The highest BCUT2D eigenvalue weighted by molar-refractivity contribution is 6.36. The molecule has 8 heteroatoms. The van der Waals surface area contributed by atoms with Gasteiger partial charge in [0.15, 0.2) is 0 Å². The van der Waals surface area contributed by atoms with Gasteiger partial charge in [-0.1, -0.05) is 35.3 Å². The van der Waals surface area contributed by atoms with Gasteiger partial charge in [0.25, 0.3) is 5.91 Å². The first-order chi connectivity index (χ1) is 14.3. The van der Waals surface area contributed by atoms with Crippen molar-refractivity contribution in [1.82, 2.24) is 10.3 Å². The fourth-order valence-corrected chi connectivity index (χ4v) is 3.79. The molecular weight excluding hydrogens is 423 g/mol. The molecule has 1 aliphatic heterocycles. The molecule has 158 valence electrons. The first-order valence-corrected chi connectivity index (χ1v) is 10.5. The average molecular weight is 447 g/mol. The third-order valence-electron chi connectivity index (χ3n) is 5.11. The monoisotopic (exact) mass is 446 g/mol. The van der Waals surface area contributed by atoms with Crippen molar-refractivity contribution in [1.29, 1.82) is 0 Å². The minimum atomic E-state index is -0.178. The number of hydrogen-bond donors (Lipinski definition) is 1. The Hall–Kier alpha value is -2.57.